The highest BCUT2D eigenvalue weighted by Crippen LogP contribution is 2.30. The SMILES string of the molecule is CCC1CCCC(Nc2cc(NN)cc([N+](=O)[O-])c2)C1. The van der Waals surface area contributed by atoms with Crippen LogP contribution in [-0.2, 0) is 0 Å². The van der Waals surface area contributed by atoms with Gasteiger partial charge in [0.2, 0.25) is 0 Å². The third-order valence-electron chi connectivity index (χ3n) is 4.03. The topological polar surface area (TPSA) is 93.2 Å². The number of nitrogens with zero attached hydrogens (tertiary/aromatic N) is 1. The van der Waals surface area contributed by atoms with Crippen molar-refractivity contribution in [3.05, 3.63) is 28.3 Å². The summed E-state index contributed by atoms with van der Waals surface area (Å²) in [6.07, 6.45) is 5.95. The number of nitro groups is 1. The fourth-order valence-corrected chi connectivity index (χ4v) is 2.91. The molecule has 2 rings (SSSR count). The first-order chi connectivity index (χ1) is 9.62. The molecular weight excluding hydrogens is 256 g/mol. The minimum atomic E-state index is -0.401. The molecule has 0 heterocycles. The number of hydrogen-bond acceptors (Lipinski definition) is 5. The lowest BCUT2D eigenvalue weighted by atomic mass is 9.84. The molecule has 0 spiro atoms. The van der Waals surface area contributed by atoms with E-state index in [-0.39, 0.29) is 5.69 Å². The molecule has 2 atom stereocenters. The van der Waals surface area contributed by atoms with E-state index in [2.05, 4.69) is 17.7 Å². The maximum atomic E-state index is 10.9. The van der Waals surface area contributed by atoms with Crippen LogP contribution in [0, 0.1) is 16.0 Å². The molecule has 0 aliphatic heterocycles. The lowest BCUT2D eigenvalue weighted by Gasteiger charge is -2.29. The van der Waals surface area contributed by atoms with Crippen molar-refractivity contribution in [2.75, 3.05) is 10.7 Å². The molecule has 1 aliphatic carbocycles. The van der Waals surface area contributed by atoms with E-state index < -0.39 is 4.92 Å². The molecule has 4 N–H and O–H groups in total. The van der Waals surface area contributed by atoms with Crippen LogP contribution in [0.25, 0.3) is 0 Å². The zero-order chi connectivity index (χ0) is 14.5. The molecule has 6 nitrogen and oxygen atoms in total. The summed E-state index contributed by atoms with van der Waals surface area (Å²) in [6, 6.07) is 5.20. The first-order valence-corrected chi connectivity index (χ1v) is 7.15. The zero-order valence-electron chi connectivity index (χ0n) is 11.8. The first-order valence-electron chi connectivity index (χ1n) is 7.15. The lowest BCUT2D eigenvalue weighted by molar-refractivity contribution is -0.384. The maximum Gasteiger partial charge on any atom is 0.273 e. The van der Waals surface area contributed by atoms with Gasteiger partial charge in [0.25, 0.3) is 5.69 Å². The number of nitro benzene ring substituents is 1. The van der Waals surface area contributed by atoms with E-state index in [1.165, 1.54) is 25.3 Å². The molecule has 1 aliphatic rings. The van der Waals surface area contributed by atoms with Gasteiger partial charge in [-0.05, 0) is 24.8 Å². The van der Waals surface area contributed by atoms with Crippen molar-refractivity contribution in [3.63, 3.8) is 0 Å². The summed E-state index contributed by atoms with van der Waals surface area (Å²) in [5.74, 6) is 6.12. The van der Waals surface area contributed by atoms with Crippen LogP contribution in [0.1, 0.15) is 39.0 Å². The molecule has 6 heteroatoms. The fourth-order valence-electron chi connectivity index (χ4n) is 2.91. The van der Waals surface area contributed by atoms with Crippen LogP contribution >= 0.6 is 0 Å². The van der Waals surface area contributed by atoms with Crippen LogP contribution in [0.2, 0.25) is 0 Å². The van der Waals surface area contributed by atoms with Crippen LogP contribution in [-0.4, -0.2) is 11.0 Å². The maximum absolute atomic E-state index is 10.9. The summed E-state index contributed by atoms with van der Waals surface area (Å²) in [6.45, 7) is 2.22. The lowest BCUT2D eigenvalue weighted by Crippen LogP contribution is -2.27. The van der Waals surface area contributed by atoms with E-state index in [9.17, 15) is 10.1 Å². The Morgan fingerprint density at radius 1 is 1.35 bits per heavy atom. The number of nitrogens with one attached hydrogen (secondary N) is 2. The monoisotopic (exact) mass is 278 g/mol. The van der Waals surface area contributed by atoms with E-state index in [1.54, 1.807) is 6.07 Å². The highest BCUT2D eigenvalue weighted by Gasteiger charge is 2.21. The Labute approximate surface area is 118 Å². The fraction of sp³-hybridized carbons (Fsp3) is 0.571. The molecule has 110 valence electrons. The van der Waals surface area contributed by atoms with Crippen LogP contribution < -0.4 is 16.6 Å². The average Bonchev–Trinajstić information content (AvgIpc) is 2.47. The summed E-state index contributed by atoms with van der Waals surface area (Å²) in [5, 5.41) is 14.3. The Morgan fingerprint density at radius 3 is 2.75 bits per heavy atom. The molecule has 20 heavy (non-hydrogen) atoms. The molecule has 0 amide bonds. The third kappa shape index (κ3) is 3.60. The van der Waals surface area contributed by atoms with E-state index in [0.29, 0.717) is 11.7 Å². The molecule has 1 saturated carbocycles. The number of non-ortho nitro benzene ring substituents is 1. The Morgan fingerprint density at radius 2 is 2.10 bits per heavy atom. The van der Waals surface area contributed by atoms with Gasteiger partial charge in [0.15, 0.2) is 0 Å². The van der Waals surface area contributed by atoms with Gasteiger partial charge in [-0.2, -0.15) is 0 Å². The Balaban J connectivity index is 2.11. The highest BCUT2D eigenvalue weighted by molar-refractivity contribution is 5.63. The minimum Gasteiger partial charge on any atom is -0.382 e. The van der Waals surface area contributed by atoms with Gasteiger partial charge >= 0.3 is 0 Å². The van der Waals surface area contributed by atoms with Gasteiger partial charge in [-0.1, -0.05) is 26.2 Å². The number of nitrogen functional groups attached to an aromatic ring is 1. The minimum absolute atomic E-state index is 0.0470. The normalized spacial score (nSPS) is 22.3. The quantitative estimate of drug-likeness (QED) is 0.436. The number of hydrogen-bond donors (Lipinski definition) is 3. The highest BCUT2D eigenvalue weighted by atomic mass is 16.6. The van der Waals surface area contributed by atoms with Crippen molar-refractivity contribution < 1.29 is 4.92 Å². The Bertz CT molecular complexity index is 478. The number of hydrazine groups is 1. The second-order valence-electron chi connectivity index (χ2n) is 5.45. The molecule has 0 saturated heterocycles. The number of benzene rings is 1. The van der Waals surface area contributed by atoms with Gasteiger partial charge in [0, 0.05) is 23.9 Å². The largest absolute Gasteiger partial charge is 0.382 e. The smallest absolute Gasteiger partial charge is 0.273 e. The molecule has 0 aromatic heterocycles. The Kier molecular flexibility index (Phi) is 4.79. The zero-order valence-corrected chi connectivity index (χ0v) is 11.8. The van der Waals surface area contributed by atoms with Gasteiger partial charge in [0.05, 0.1) is 10.6 Å². The summed E-state index contributed by atoms with van der Waals surface area (Å²) in [4.78, 5) is 10.5. The van der Waals surface area contributed by atoms with Crippen LogP contribution in [0.4, 0.5) is 17.1 Å². The van der Waals surface area contributed by atoms with Crippen LogP contribution in [0.5, 0.6) is 0 Å². The number of anilines is 2. The van der Waals surface area contributed by atoms with Gasteiger partial charge < -0.3 is 10.7 Å². The van der Waals surface area contributed by atoms with Crippen molar-refractivity contribution in [1.82, 2.24) is 0 Å². The van der Waals surface area contributed by atoms with Gasteiger partial charge in [-0.15, -0.1) is 0 Å². The van der Waals surface area contributed by atoms with Crippen LogP contribution in [0.3, 0.4) is 0 Å². The number of nitrogens with two attached hydrogens (primary N) is 1. The van der Waals surface area contributed by atoms with Crippen LogP contribution in [0.15, 0.2) is 18.2 Å². The summed E-state index contributed by atoms with van der Waals surface area (Å²) in [7, 11) is 0. The molecule has 1 fully saturated rings. The summed E-state index contributed by atoms with van der Waals surface area (Å²) in [5.41, 5.74) is 3.83. The summed E-state index contributed by atoms with van der Waals surface area (Å²) < 4.78 is 0. The third-order valence-corrected chi connectivity index (χ3v) is 4.03. The van der Waals surface area contributed by atoms with E-state index in [1.807, 2.05) is 6.07 Å². The van der Waals surface area contributed by atoms with E-state index >= 15 is 0 Å². The van der Waals surface area contributed by atoms with E-state index in [0.717, 1.165) is 24.4 Å². The van der Waals surface area contributed by atoms with Crippen molar-refractivity contribution in [1.29, 1.82) is 0 Å². The predicted molar refractivity (Wildman–Crippen MR) is 80.6 cm³/mol. The number of rotatable bonds is 5. The standard InChI is InChI=1S/C14H22N4O2/c1-2-10-4-3-5-11(6-10)16-12-7-13(17-15)9-14(8-12)18(19)20/h7-11,16-17H,2-6,15H2,1H3. The average molecular weight is 278 g/mol. The Hall–Kier alpha value is -1.82. The summed E-state index contributed by atoms with van der Waals surface area (Å²) >= 11 is 0. The van der Waals surface area contributed by atoms with Gasteiger partial charge in [-0.3, -0.25) is 16.0 Å². The van der Waals surface area contributed by atoms with Crippen molar-refractivity contribution >= 4 is 17.1 Å². The van der Waals surface area contributed by atoms with Crippen molar-refractivity contribution in [3.8, 4) is 0 Å². The second kappa shape index (κ2) is 6.56. The predicted octanol–water partition coefficient (Wildman–Crippen LogP) is 3.26. The first kappa shape index (κ1) is 14.6. The molecule has 0 radical (unpaired) electrons. The molecule has 0 bridgehead atoms. The molecule has 1 aromatic rings. The molecule has 1 aromatic carbocycles. The van der Waals surface area contributed by atoms with Crippen molar-refractivity contribution in [2.24, 2.45) is 11.8 Å². The van der Waals surface area contributed by atoms with E-state index in [4.69, 9.17) is 5.84 Å². The second-order valence-corrected chi connectivity index (χ2v) is 5.45. The van der Waals surface area contributed by atoms with Crippen molar-refractivity contribution in [2.45, 2.75) is 45.1 Å². The van der Waals surface area contributed by atoms with Gasteiger partial charge in [-0.25, -0.2) is 0 Å². The molecule has 2 unspecified atom stereocenters. The molecular formula is C14H22N4O2. The van der Waals surface area contributed by atoms with Gasteiger partial charge in [0.1, 0.15) is 0 Å².